The highest BCUT2D eigenvalue weighted by Crippen LogP contribution is 2.17. The number of hydrogen-bond acceptors (Lipinski definition) is 5. The molecule has 5 heteroatoms. The quantitative estimate of drug-likeness (QED) is 0.808. The fourth-order valence-electron chi connectivity index (χ4n) is 2.60. The third-order valence-electron chi connectivity index (χ3n) is 3.70. The van der Waals surface area contributed by atoms with Gasteiger partial charge in [-0.2, -0.15) is 0 Å². The molecule has 1 saturated heterocycles. The largest absolute Gasteiger partial charge is 0.377 e. The van der Waals surface area contributed by atoms with Crippen LogP contribution in [0.5, 0.6) is 0 Å². The van der Waals surface area contributed by atoms with Crippen LogP contribution in [0.2, 0.25) is 0 Å². The van der Waals surface area contributed by atoms with Crippen molar-refractivity contribution in [2.75, 3.05) is 33.9 Å². The maximum atomic E-state index is 5.46. The van der Waals surface area contributed by atoms with E-state index in [2.05, 4.69) is 40.3 Å². The Hall–Kier alpha value is -1.01. The van der Waals surface area contributed by atoms with Gasteiger partial charge in [-0.05, 0) is 18.7 Å². The molecule has 0 spiro atoms. The van der Waals surface area contributed by atoms with Gasteiger partial charge in [0.15, 0.2) is 0 Å². The van der Waals surface area contributed by atoms with Gasteiger partial charge in [0, 0.05) is 40.4 Å². The third-order valence-corrected chi connectivity index (χ3v) is 3.70. The summed E-state index contributed by atoms with van der Waals surface area (Å²) in [5.74, 6) is 0. The molecule has 1 aromatic rings. The smallest absolute Gasteiger partial charge is 0.0971 e. The number of likely N-dealkylation sites (tertiary alicyclic amines) is 1. The average Bonchev–Trinajstić information content (AvgIpc) is 2.87. The minimum atomic E-state index is 0.157. The molecule has 0 bridgehead atoms. The molecule has 20 heavy (non-hydrogen) atoms. The first-order valence-electron chi connectivity index (χ1n) is 7.20. The number of ether oxygens (including phenoxy) is 2. The summed E-state index contributed by atoms with van der Waals surface area (Å²) in [6, 6.07) is 6.22. The Kier molecular flexibility index (Phi) is 5.91. The van der Waals surface area contributed by atoms with Crippen molar-refractivity contribution in [1.82, 2.24) is 15.2 Å². The Morgan fingerprint density at radius 1 is 1.20 bits per heavy atom. The predicted molar refractivity (Wildman–Crippen MR) is 78.5 cm³/mol. The second kappa shape index (κ2) is 7.69. The summed E-state index contributed by atoms with van der Waals surface area (Å²) in [7, 11) is 3.49. The molecule has 1 aliphatic heterocycles. The van der Waals surface area contributed by atoms with Gasteiger partial charge in [0.05, 0.1) is 23.6 Å². The lowest BCUT2D eigenvalue weighted by Crippen LogP contribution is -2.27. The van der Waals surface area contributed by atoms with Gasteiger partial charge in [0.2, 0.25) is 0 Å². The van der Waals surface area contributed by atoms with Gasteiger partial charge in [-0.1, -0.05) is 13.0 Å². The standard InChI is InChI=1S/C15H25N3O2/c1-4-16-8-12-6-5-7-13(17-12)9-18-10-14(19-2)15(11-18)20-3/h5-7,14-16H,4,8-11H2,1-3H3. The Labute approximate surface area is 121 Å². The third kappa shape index (κ3) is 3.99. The number of rotatable bonds is 7. The van der Waals surface area contributed by atoms with Crippen molar-refractivity contribution < 1.29 is 9.47 Å². The average molecular weight is 279 g/mol. The normalized spacial score (nSPS) is 23.4. The van der Waals surface area contributed by atoms with Crippen LogP contribution < -0.4 is 5.32 Å². The van der Waals surface area contributed by atoms with Crippen LogP contribution in [-0.4, -0.2) is 55.9 Å². The van der Waals surface area contributed by atoms with Gasteiger partial charge >= 0.3 is 0 Å². The molecule has 112 valence electrons. The highest BCUT2D eigenvalue weighted by Gasteiger charge is 2.32. The zero-order valence-corrected chi connectivity index (χ0v) is 12.6. The number of methoxy groups -OCH3 is 2. The zero-order valence-electron chi connectivity index (χ0n) is 12.6. The molecule has 1 N–H and O–H groups in total. The van der Waals surface area contributed by atoms with E-state index in [9.17, 15) is 0 Å². The molecular weight excluding hydrogens is 254 g/mol. The Balaban J connectivity index is 1.93. The highest BCUT2D eigenvalue weighted by molar-refractivity contribution is 5.11. The van der Waals surface area contributed by atoms with Gasteiger partial charge in [-0.25, -0.2) is 0 Å². The van der Waals surface area contributed by atoms with Crippen LogP contribution in [0, 0.1) is 0 Å². The summed E-state index contributed by atoms with van der Waals surface area (Å²) >= 11 is 0. The van der Waals surface area contributed by atoms with E-state index in [-0.39, 0.29) is 12.2 Å². The van der Waals surface area contributed by atoms with Crippen molar-refractivity contribution in [3.8, 4) is 0 Å². The first-order chi connectivity index (χ1) is 9.76. The van der Waals surface area contributed by atoms with Crippen molar-refractivity contribution in [2.24, 2.45) is 0 Å². The van der Waals surface area contributed by atoms with E-state index in [0.29, 0.717) is 0 Å². The molecule has 2 heterocycles. The lowest BCUT2D eigenvalue weighted by molar-refractivity contribution is -0.00461. The van der Waals surface area contributed by atoms with E-state index < -0.39 is 0 Å². The lowest BCUT2D eigenvalue weighted by atomic mass is 10.3. The molecule has 2 unspecified atom stereocenters. The van der Waals surface area contributed by atoms with Crippen LogP contribution in [0.4, 0.5) is 0 Å². The summed E-state index contributed by atoms with van der Waals surface area (Å²) in [4.78, 5) is 7.02. The maximum absolute atomic E-state index is 5.46. The van der Waals surface area contributed by atoms with Crippen LogP contribution in [-0.2, 0) is 22.6 Å². The van der Waals surface area contributed by atoms with Crippen molar-refractivity contribution in [3.05, 3.63) is 29.6 Å². The SMILES string of the molecule is CCNCc1cccc(CN2CC(OC)C(OC)C2)n1. The fraction of sp³-hybridized carbons (Fsp3) is 0.667. The van der Waals surface area contributed by atoms with E-state index in [1.807, 2.05) is 0 Å². The van der Waals surface area contributed by atoms with Gasteiger partial charge in [0.1, 0.15) is 0 Å². The minimum absolute atomic E-state index is 0.157. The molecule has 2 rings (SSSR count). The molecule has 0 aliphatic carbocycles. The number of pyridine rings is 1. The van der Waals surface area contributed by atoms with Crippen LogP contribution in [0.1, 0.15) is 18.3 Å². The van der Waals surface area contributed by atoms with Crippen LogP contribution in [0.25, 0.3) is 0 Å². The summed E-state index contributed by atoms with van der Waals surface area (Å²) in [5.41, 5.74) is 2.20. The summed E-state index contributed by atoms with van der Waals surface area (Å²) in [6.45, 7) is 6.53. The van der Waals surface area contributed by atoms with E-state index in [4.69, 9.17) is 9.47 Å². The molecule has 1 fully saturated rings. The lowest BCUT2D eigenvalue weighted by Gasteiger charge is -2.15. The van der Waals surface area contributed by atoms with Crippen LogP contribution >= 0.6 is 0 Å². The van der Waals surface area contributed by atoms with Gasteiger partial charge in [-0.3, -0.25) is 9.88 Å². The number of nitrogens with zero attached hydrogens (tertiary/aromatic N) is 2. The molecule has 1 aliphatic rings. The predicted octanol–water partition coefficient (Wildman–Crippen LogP) is 1.04. The summed E-state index contributed by atoms with van der Waals surface area (Å²) in [6.07, 6.45) is 0.315. The molecule has 0 amide bonds. The second-order valence-corrected chi connectivity index (χ2v) is 5.14. The monoisotopic (exact) mass is 279 g/mol. The van der Waals surface area contributed by atoms with E-state index in [1.54, 1.807) is 14.2 Å². The molecule has 5 nitrogen and oxygen atoms in total. The number of nitrogens with one attached hydrogen (secondary N) is 1. The van der Waals surface area contributed by atoms with Crippen molar-refractivity contribution in [3.63, 3.8) is 0 Å². The molecular formula is C15H25N3O2. The molecule has 2 atom stereocenters. The van der Waals surface area contributed by atoms with Crippen molar-refractivity contribution >= 4 is 0 Å². The minimum Gasteiger partial charge on any atom is -0.377 e. The number of aromatic nitrogens is 1. The van der Waals surface area contributed by atoms with Gasteiger partial charge < -0.3 is 14.8 Å². The first kappa shape index (κ1) is 15.4. The van der Waals surface area contributed by atoms with E-state index in [0.717, 1.165) is 44.1 Å². The Morgan fingerprint density at radius 3 is 2.45 bits per heavy atom. The Morgan fingerprint density at radius 2 is 1.85 bits per heavy atom. The van der Waals surface area contributed by atoms with Gasteiger partial charge in [-0.15, -0.1) is 0 Å². The Bertz CT molecular complexity index is 402. The topological polar surface area (TPSA) is 46.6 Å². The second-order valence-electron chi connectivity index (χ2n) is 5.14. The van der Waals surface area contributed by atoms with E-state index in [1.165, 1.54) is 0 Å². The van der Waals surface area contributed by atoms with Crippen LogP contribution in [0.3, 0.4) is 0 Å². The van der Waals surface area contributed by atoms with Gasteiger partial charge in [0.25, 0.3) is 0 Å². The van der Waals surface area contributed by atoms with Crippen molar-refractivity contribution in [1.29, 1.82) is 0 Å². The molecule has 0 aromatic carbocycles. The first-order valence-corrected chi connectivity index (χ1v) is 7.20. The highest BCUT2D eigenvalue weighted by atomic mass is 16.5. The van der Waals surface area contributed by atoms with E-state index >= 15 is 0 Å². The fourth-order valence-corrected chi connectivity index (χ4v) is 2.60. The number of hydrogen-bond donors (Lipinski definition) is 1. The molecule has 0 radical (unpaired) electrons. The molecule has 0 saturated carbocycles. The summed E-state index contributed by atoms with van der Waals surface area (Å²) < 4.78 is 10.9. The molecule has 1 aromatic heterocycles. The maximum Gasteiger partial charge on any atom is 0.0971 e. The summed E-state index contributed by atoms with van der Waals surface area (Å²) in [5, 5.41) is 3.30. The van der Waals surface area contributed by atoms with Crippen molar-refractivity contribution in [2.45, 2.75) is 32.2 Å². The van der Waals surface area contributed by atoms with Crippen LogP contribution in [0.15, 0.2) is 18.2 Å². The zero-order chi connectivity index (χ0) is 14.4.